The zero-order valence-electron chi connectivity index (χ0n) is 11.2. The van der Waals surface area contributed by atoms with Crippen molar-refractivity contribution >= 4 is 5.97 Å². The lowest BCUT2D eigenvalue weighted by Gasteiger charge is -2.30. The van der Waals surface area contributed by atoms with Gasteiger partial charge in [-0.1, -0.05) is 6.92 Å². The molecule has 0 saturated heterocycles. The van der Waals surface area contributed by atoms with Crippen molar-refractivity contribution in [3.05, 3.63) is 17.5 Å². The number of aryl methyl sites for hydroxylation is 2. The molecule has 1 aromatic rings. The second-order valence-electron chi connectivity index (χ2n) is 5.17. The Morgan fingerprint density at radius 2 is 2.28 bits per heavy atom. The predicted octanol–water partition coefficient (Wildman–Crippen LogP) is 1.34. The number of rotatable bonds is 6. The maximum atomic E-state index is 11.7. The minimum absolute atomic E-state index is 0.221. The number of nitrogens with zero attached hydrogens (tertiary/aromatic N) is 2. The van der Waals surface area contributed by atoms with Gasteiger partial charge in [0.1, 0.15) is 5.54 Å². The number of carboxylic acid groups (broad SMARTS) is 1. The van der Waals surface area contributed by atoms with Crippen LogP contribution in [0.5, 0.6) is 0 Å². The fourth-order valence-corrected chi connectivity index (χ4v) is 2.61. The standard InChI is InChI=1S/C13H21N3O2/c1-4-14-13(12(17)18,11-5-6-11)8-16-10(3)7-9(2)15-16/h7,11,14H,4-6,8H2,1-3H3,(H,17,18). The summed E-state index contributed by atoms with van der Waals surface area (Å²) >= 11 is 0. The van der Waals surface area contributed by atoms with E-state index in [0.29, 0.717) is 13.1 Å². The number of nitrogens with one attached hydrogen (secondary N) is 1. The molecule has 5 heteroatoms. The molecule has 1 saturated carbocycles. The zero-order valence-corrected chi connectivity index (χ0v) is 11.2. The maximum absolute atomic E-state index is 11.7. The Labute approximate surface area is 107 Å². The Kier molecular flexibility index (Phi) is 3.43. The molecule has 2 N–H and O–H groups in total. The lowest BCUT2D eigenvalue weighted by Crippen LogP contribution is -2.57. The van der Waals surface area contributed by atoms with Crippen molar-refractivity contribution in [2.24, 2.45) is 5.92 Å². The van der Waals surface area contributed by atoms with Crippen LogP contribution in [0.4, 0.5) is 0 Å². The smallest absolute Gasteiger partial charge is 0.326 e. The Bertz CT molecular complexity index is 451. The molecule has 0 aromatic carbocycles. The van der Waals surface area contributed by atoms with Gasteiger partial charge in [-0.25, -0.2) is 0 Å². The van der Waals surface area contributed by atoms with E-state index in [-0.39, 0.29) is 5.92 Å². The third-order valence-electron chi connectivity index (χ3n) is 3.65. The van der Waals surface area contributed by atoms with Crippen LogP contribution in [0.2, 0.25) is 0 Å². The third-order valence-corrected chi connectivity index (χ3v) is 3.65. The molecule has 5 nitrogen and oxygen atoms in total. The summed E-state index contributed by atoms with van der Waals surface area (Å²) in [5.74, 6) is -0.543. The van der Waals surface area contributed by atoms with E-state index < -0.39 is 11.5 Å². The Morgan fingerprint density at radius 3 is 2.67 bits per heavy atom. The molecule has 0 radical (unpaired) electrons. The van der Waals surface area contributed by atoms with Crippen LogP contribution in [0.25, 0.3) is 0 Å². The van der Waals surface area contributed by atoms with Crippen molar-refractivity contribution in [1.82, 2.24) is 15.1 Å². The van der Waals surface area contributed by atoms with E-state index in [1.54, 1.807) is 0 Å². The summed E-state index contributed by atoms with van der Waals surface area (Å²) in [5, 5.41) is 17.2. The molecule has 1 aliphatic rings. The van der Waals surface area contributed by atoms with Crippen LogP contribution in [0.1, 0.15) is 31.2 Å². The van der Waals surface area contributed by atoms with E-state index >= 15 is 0 Å². The van der Waals surface area contributed by atoms with Crippen LogP contribution in [0, 0.1) is 19.8 Å². The Hall–Kier alpha value is -1.36. The molecule has 1 heterocycles. The summed E-state index contributed by atoms with van der Waals surface area (Å²) in [6, 6.07) is 1.98. The summed E-state index contributed by atoms with van der Waals surface area (Å²) in [4.78, 5) is 11.7. The number of aromatic nitrogens is 2. The highest BCUT2D eigenvalue weighted by atomic mass is 16.4. The van der Waals surface area contributed by atoms with Crippen molar-refractivity contribution < 1.29 is 9.90 Å². The zero-order chi connectivity index (χ0) is 13.3. The average Bonchev–Trinajstić information content (AvgIpc) is 3.06. The van der Waals surface area contributed by atoms with Crippen molar-refractivity contribution in [1.29, 1.82) is 0 Å². The predicted molar refractivity (Wildman–Crippen MR) is 68.5 cm³/mol. The maximum Gasteiger partial charge on any atom is 0.326 e. The van der Waals surface area contributed by atoms with E-state index in [1.165, 1.54) is 0 Å². The molecule has 2 rings (SSSR count). The molecule has 1 fully saturated rings. The third kappa shape index (κ3) is 2.27. The number of carboxylic acids is 1. The van der Waals surface area contributed by atoms with Crippen molar-refractivity contribution in [3.8, 4) is 0 Å². The van der Waals surface area contributed by atoms with E-state index in [4.69, 9.17) is 0 Å². The summed E-state index contributed by atoms with van der Waals surface area (Å²) in [5.41, 5.74) is 1.08. The van der Waals surface area contributed by atoms with Gasteiger partial charge < -0.3 is 10.4 Å². The summed E-state index contributed by atoms with van der Waals surface area (Å²) in [6.07, 6.45) is 1.97. The van der Waals surface area contributed by atoms with E-state index in [1.807, 2.05) is 31.5 Å². The van der Waals surface area contributed by atoms with Crippen LogP contribution in [0.3, 0.4) is 0 Å². The highest BCUT2D eigenvalue weighted by Gasteiger charge is 2.51. The van der Waals surface area contributed by atoms with Gasteiger partial charge in [0, 0.05) is 5.69 Å². The molecule has 0 spiro atoms. The number of hydrogen-bond acceptors (Lipinski definition) is 3. The highest BCUT2D eigenvalue weighted by molar-refractivity contribution is 5.79. The van der Waals surface area contributed by atoms with Crippen LogP contribution >= 0.6 is 0 Å². The number of likely N-dealkylation sites (N-methyl/N-ethyl adjacent to an activating group) is 1. The first-order valence-corrected chi connectivity index (χ1v) is 6.49. The second-order valence-corrected chi connectivity index (χ2v) is 5.17. The highest BCUT2D eigenvalue weighted by Crippen LogP contribution is 2.41. The van der Waals surface area contributed by atoms with Gasteiger partial charge in [-0.05, 0) is 45.2 Å². The van der Waals surface area contributed by atoms with E-state index in [9.17, 15) is 9.90 Å². The van der Waals surface area contributed by atoms with Crippen LogP contribution in [0.15, 0.2) is 6.07 Å². The van der Waals surface area contributed by atoms with Crippen LogP contribution in [-0.4, -0.2) is 32.9 Å². The molecule has 0 amide bonds. The fraction of sp³-hybridized carbons (Fsp3) is 0.692. The first-order valence-electron chi connectivity index (χ1n) is 6.49. The lowest BCUT2D eigenvalue weighted by molar-refractivity contribution is -0.146. The summed E-state index contributed by atoms with van der Waals surface area (Å²) < 4.78 is 1.81. The molecular formula is C13H21N3O2. The first-order chi connectivity index (χ1) is 8.49. The van der Waals surface area contributed by atoms with Gasteiger partial charge in [0.15, 0.2) is 0 Å². The largest absolute Gasteiger partial charge is 0.480 e. The minimum atomic E-state index is -0.863. The quantitative estimate of drug-likeness (QED) is 0.800. The van der Waals surface area contributed by atoms with Crippen LogP contribution < -0.4 is 5.32 Å². The fourth-order valence-electron chi connectivity index (χ4n) is 2.61. The Balaban J connectivity index is 2.29. The molecule has 0 aliphatic heterocycles. The molecular weight excluding hydrogens is 230 g/mol. The topological polar surface area (TPSA) is 67.2 Å². The monoisotopic (exact) mass is 251 g/mol. The summed E-state index contributed by atoms with van der Waals surface area (Å²) in [7, 11) is 0. The number of carbonyl (C=O) groups is 1. The molecule has 1 aliphatic carbocycles. The van der Waals surface area contributed by atoms with Gasteiger partial charge in [-0.15, -0.1) is 0 Å². The molecule has 1 aromatic heterocycles. The molecule has 0 bridgehead atoms. The lowest BCUT2D eigenvalue weighted by atomic mass is 9.93. The molecule has 18 heavy (non-hydrogen) atoms. The minimum Gasteiger partial charge on any atom is -0.480 e. The van der Waals surface area contributed by atoms with Gasteiger partial charge in [0.05, 0.1) is 12.2 Å². The van der Waals surface area contributed by atoms with E-state index in [0.717, 1.165) is 24.2 Å². The van der Waals surface area contributed by atoms with Gasteiger partial charge in [0.25, 0.3) is 0 Å². The normalized spacial score (nSPS) is 18.6. The average molecular weight is 251 g/mol. The van der Waals surface area contributed by atoms with Crippen LogP contribution in [-0.2, 0) is 11.3 Å². The number of aliphatic carboxylic acids is 1. The van der Waals surface area contributed by atoms with Gasteiger partial charge in [0.2, 0.25) is 0 Å². The summed E-state index contributed by atoms with van der Waals surface area (Å²) in [6.45, 7) is 6.89. The van der Waals surface area contributed by atoms with Gasteiger partial charge in [-0.2, -0.15) is 5.10 Å². The van der Waals surface area contributed by atoms with Gasteiger partial charge in [-0.3, -0.25) is 9.48 Å². The Morgan fingerprint density at radius 1 is 1.61 bits per heavy atom. The SMILES string of the molecule is CCNC(Cn1nc(C)cc1C)(C(=O)O)C1CC1. The van der Waals surface area contributed by atoms with Gasteiger partial charge >= 0.3 is 5.97 Å². The second kappa shape index (κ2) is 4.72. The molecule has 1 atom stereocenters. The van der Waals surface area contributed by atoms with Crippen molar-refractivity contribution in [3.63, 3.8) is 0 Å². The van der Waals surface area contributed by atoms with Crippen molar-refractivity contribution in [2.45, 2.75) is 45.7 Å². The molecule has 1 unspecified atom stereocenters. The van der Waals surface area contributed by atoms with Crippen molar-refractivity contribution in [2.75, 3.05) is 6.54 Å². The number of hydrogen-bond donors (Lipinski definition) is 2. The van der Waals surface area contributed by atoms with E-state index in [2.05, 4.69) is 10.4 Å². The molecule has 100 valence electrons. The first kappa shape index (κ1) is 13.1.